The second kappa shape index (κ2) is 3.66. The summed E-state index contributed by atoms with van der Waals surface area (Å²) in [4.78, 5) is 12.7. The van der Waals surface area contributed by atoms with Gasteiger partial charge in [0, 0.05) is 0 Å². The Morgan fingerprint density at radius 2 is 2.00 bits per heavy atom. The Labute approximate surface area is 79.0 Å². The molecular formula is C10H18NO2+. The summed E-state index contributed by atoms with van der Waals surface area (Å²) in [7, 11) is 1.49. The molecule has 0 spiro atoms. The highest BCUT2D eigenvalue weighted by Crippen LogP contribution is 2.17. The molecule has 1 N–H and O–H groups in total. The first-order valence-corrected chi connectivity index (χ1v) is 5.26. The van der Waals surface area contributed by atoms with Crippen LogP contribution in [0.5, 0.6) is 0 Å². The van der Waals surface area contributed by atoms with Crippen LogP contribution in [0.3, 0.4) is 0 Å². The van der Waals surface area contributed by atoms with E-state index in [4.69, 9.17) is 4.74 Å². The minimum Gasteiger partial charge on any atom is -0.464 e. The Balaban J connectivity index is 1.81. The molecule has 13 heavy (non-hydrogen) atoms. The lowest BCUT2D eigenvalue weighted by atomic mass is 9.95. The second-order valence-electron chi connectivity index (χ2n) is 4.19. The van der Waals surface area contributed by atoms with E-state index in [-0.39, 0.29) is 12.0 Å². The number of rotatable bonds is 2. The Kier molecular flexibility index (Phi) is 2.54. The molecule has 2 atom stereocenters. The van der Waals surface area contributed by atoms with Crippen LogP contribution in [-0.4, -0.2) is 31.7 Å². The Bertz CT molecular complexity index is 199. The van der Waals surface area contributed by atoms with Crippen LogP contribution < -0.4 is 4.90 Å². The molecule has 1 aliphatic heterocycles. The molecule has 0 amide bonds. The summed E-state index contributed by atoms with van der Waals surface area (Å²) in [6.45, 7) is 1.01. The minimum absolute atomic E-state index is 0.0134. The van der Waals surface area contributed by atoms with Crippen molar-refractivity contribution in [2.75, 3.05) is 13.7 Å². The van der Waals surface area contributed by atoms with Gasteiger partial charge in [0.25, 0.3) is 0 Å². The van der Waals surface area contributed by atoms with Crippen LogP contribution in [0.15, 0.2) is 0 Å². The van der Waals surface area contributed by atoms with Crippen molar-refractivity contribution in [1.29, 1.82) is 0 Å². The van der Waals surface area contributed by atoms with E-state index in [1.807, 2.05) is 0 Å². The largest absolute Gasteiger partial charge is 0.464 e. The van der Waals surface area contributed by atoms with Crippen LogP contribution >= 0.6 is 0 Å². The van der Waals surface area contributed by atoms with Gasteiger partial charge >= 0.3 is 5.97 Å². The average Bonchev–Trinajstić information content (AvgIpc) is 2.98. The molecule has 0 aromatic rings. The van der Waals surface area contributed by atoms with Crippen LogP contribution in [0.25, 0.3) is 0 Å². The van der Waals surface area contributed by atoms with Crippen LogP contribution in [0, 0.1) is 0 Å². The van der Waals surface area contributed by atoms with Crippen molar-refractivity contribution in [2.24, 2.45) is 0 Å². The first kappa shape index (κ1) is 9.00. The highest BCUT2D eigenvalue weighted by Gasteiger charge is 2.51. The minimum atomic E-state index is -0.0134. The van der Waals surface area contributed by atoms with Crippen molar-refractivity contribution < 1.29 is 14.4 Å². The summed E-state index contributed by atoms with van der Waals surface area (Å²) < 4.78 is 4.74. The monoisotopic (exact) mass is 184 g/mol. The van der Waals surface area contributed by atoms with Gasteiger partial charge in [-0.3, -0.25) is 0 Å². The molecule has 0 aromatic heterocycles. The molecule has 2 aliphatic rings. The normalized spacial score (nSPS) is 34.2. The number of ether oxygens (including phenoxy) is 1. The smallest absolute Gasteiger partial charge is 0.370 e. The summed E-state index contributed by atoms with van der Waals surface area (Å²) in [6.07, 6.45) is 6.70. The maximum atomic E-state index is 11.2. The topological polar surface area (TPSA) is 30.7 Å². The summed E-state index contributed by atoms with van der Waals surface area (Å²) in [6, 6.07) is 0.922. The van der Waals surface area contributed by atoms with Gasteiger partial charge in [0.1, 0.15) is 6.54 Å². The van der Waals surface area contributed by atoms with Crippen LogP contribution in [0.2, 0.25) is 0 Å². The van der Waals surface area contributed by atoms with Crippen molar-refractivity contribution >= 4 is 5.97 Å². The third-order valence-corrected chi connectivity index (χ3v) is 3.34. The van der Waals surface area contributed by atoms with Gasteiger partial charge < -0.3 is 9.64 Å². The predicted octanol–water partition coefficient (Wildman–Crippen LogP) is -0.241. The number of carbonyl (C=O) groups is 1. The molecule has 0 bridgehead atoms. The van der Waals surface area contributed by atoms with Crippen molar-refractivity contribution in [2.45, 2.75) is 44.2 Å². The molecule has 1 unspecified atom stereocenters. The Hall–Kier alpha value is -0.570. The maximum Gasteiger partial charge on any atom is 0.370 e. The summed E-state index contributed by atoms with van der Waals surface area (Å²) in [5.41, 5.74) is 0. The van der Waals surface area contributed by atoms with E-state index in [2.05, 4.69) is 0 Å². The lowest BCUT2D eigenvalue weighted by Crippen LogP contribution is -3.00. The van der Waals surface area contributed by atoms with Crippen molar-refractivity contribution in [3.8, 4) is 0 Å². The highest BCUT2D eigenvalue weighted by atomic mass is 16.5. The van der Waals surface area contributed by atoms with E-state index in [0.29, 0.717) is 0 Å². The van der Waals surface area contributed by atoms with E-state index in [1.54, 1.807) is 0 Å². The fourth-order valence-electron chi connectivity index (χ4n) is 2.48. The average molecular weight is 184 g/mol. The van der Waals surface area contributed by atoms with E-state index >= 15 is 0 Å². The number of hydrogen-bond acceptors (Lipinski definition) is 2. The molecule has 74 valence electrons. The Morgan fingerprint density at radius 1 is 1.31 bits per heavy atom. The highest BCUT2D eigenvalue weighted by molar-refractivity contribution is 5.75. The molecular weight excluding hydrogens is 166 g/mol. The number of hydrogen-bond donors (Lipinski definition) is 1. The number of carbonyl (C=O) groups excluding carboxylic acids is 1. The first-order chi connectivity index (χ1) is 6.33. The second-order valence-corrected chi connectivity index (χ2v) is 4.19. The summed E-state index contributed by atoms with van der Waals surface area (Å²) in [5, 5.41) is 0. The van der Waals surface area contributed by atoms with E-state index in [1.165, 1.54) is 44.1 Å². The molecule has 0 radical (unpaired) electrons. The quantitative estimate of drug-likeness (QED) is 0.474. The zero-order valence-electron chi connectivity index (χ0n) is 8.21. The van der Waals surface area contributed by atoms with Gasteiger partial charge in [0.2, 0.25) is 6.04 Å². The van der Waals surface area contributed by atoms with Gasteiger partial charge in [-0.15, -0.1) is 0 Å². The van der Waals surface area contributed by atoms with Gasteiger partial charge in [-0.25, -0.2) is 4.79 Å². The van der Waals surface area contributed by atoms with Crippen LogP contribution in [0.4, 0.5) is 0 Å². The Morgan fingerprint density at radius 3 is 2.62 bits per heavy atom. The molecule has 3 heteroatoms. The third-order valence-electron chi connectivity index (χ3n) is 3.34. The van der Waals surface area contributed by atoms with Gasteiger partial charge in [-0.2, -0.15) is 0 Å². The van der Waals surface area contributed by atoms with Crippen molar-refractivity contribution in [1.82, 2.24) is 0 Å². The van der Waals surface area contributed by atoms with Gasteiger partial charge in [0.05, 0.1) is 13.2 Å². The zero-order chi connectivity index (χ0) is 9.26. The number of nitrogens with one attached hydrogen (secondary N) is 1. The molecule has 1 heterocycles. The standard InChI is InChI=1S/C10H17NO2/c1-13-10(12)9-7-11(9)8-5-3-2-4-6-8/h8-9H,2-7H2,1H3/p+1/t9-,11?/m0/s1. The van der Waals surface area contributed by atoms with E-state index in [0.717, 1.165) is 12.6 Å². The van der Waals surface area contributed by atoms with E-state index in [9.17, 15) is 4.79 Å². The van der Waals surface area contributed by atoms with E-state index < -0.39 is 0 Å². The van der Waals surface area contributed by atoms with Crippen LogP contribution in [-0.2, 0) is 9.53 Å². The molecule has 1 saturated heterocycles. The molecule has 0 aromatic carbocycles. The summed E-state index contributed by atoms with van der Waals surface area (Å²) >= 11 is 0. The fraction of sp³-hybridized carbons (Fsp3) is 0.900. The molecule has 1 saturated carbocycles. The van der Waals surface area contributed by atoms with Crippen molar-refractivity contribution in [3.05, 3.63) is 0 Å². The maximum absolute atomic E-state index is 11.2. The summed E-state index contributed by atoms with van der Waals surface area (Å²) in [5.74, 6) is -0.0134. The van der Waals surface area contributed by atoms with Gasteiger partial charge in [-0.1, -0.05) is 6.42 Å². The lowest BCUT2D eigenvalue weighted by Gasteiger charge is -2.19. The number of esters is 1. The van der Waals surface area contributed by atoms with Gasteiger partial charge in [-0.05, 0) is 25.7 Å². The fourth-order valence-corrected chi connectivity index (χ4v) is 2.48. The zero-order valence-corrected chi connectivity index (χ0v) is 8.21. The van der Waals surface area contributed by atoms with Crippen molar-refractivity contribution in [3.63, 3.8) is 0 Å². The molecule has 3 nitrogen and oxygen atoms in total. The number of quaternary nitrogens is 1. The first-order valence-electron chi connectivity index (χ1n) is 5.26. The lowest BCUT2D eigenvalue weighted by molar-refractivity contribution is -0.802. The third kappa shape index (κ3) is 1.85. The molecule has 2 rings (SSSR count). The SMILES string of the molecule is COC(=O)[C@@H]1C[NH+]1C1CCCCC1. The van der Waals surface area contributed by atoms with Crippen LogP contribution in [0.1, 0.15) is 32.1 Å². The van der Waals surface area contributed by atoms with Gasteiger partial charge in [0.15, 0.2) is 0 Å². The predicted molar refractivity (Wildman–Crippen MR) is 48.5 cm³/mol. The molecule has 1 aliphatic carbocycles. The molecule has 2 fully saturated rings. The number of methoxy groups -OCH3 is 1.